The van der Waals surface area contributed by atoms with Gasteiger partial charge in [0.15, 0.2) is 0 Å². The molecule has 6 nitrogen and oxygen atoms in total. The number of pyridine rings is 1. The first kappa shape index (κ1) is 18.4. The van der Waals surface area contributed by atoms with Crippen molar-refractivity contribution in [3.05, 3.63) is 70.0 Å². The zero-order chi connectivity index (χ0) is 19.4. The lowest BCUT2D eigenvalue weighted by Crippen LogP contribution is -2.13. The van der Waals surface area contributed by atoms with Crippen molar-refractivity contribution < 1.29 is 9.59 Å². The highest BCUT2D eigenvalue weighted by molar-refractivity contribution is 5.93. The van der Waals surface area contributed by atoms with Crippen molar-refractivity contribution >= 4 is 34.1 Å². The van der Waals surface area contributed by atoms with E-state index in [2.05, 4.69) is 15.6 Å². The smallest absolute Gasteiger partial charge is 0.251 e. The summed E-state index contributed by atoms with van der Waals surface area (Å²) in [4.78, 5) is 37.9. The molecule has 0 atom stereocenters. The van der Waals surface area contributed by atoms with Crippen LogP contribution in [0.25, 0.3) is 10.9 Å². The fourth-order valence-corrected chi connectivity index (χ4v) is 2.88. The van der Waals surface area contributed by atoms with Gasteiger partial charge in [-0.05, 0) is 60.7 Å². The standard InChI is InChI=1S/C21H21N3O3/c1-13-10-16-11-15(6-8-19(16)24-21(13)27)7-9-20(26)23-18-5-3-4-17(12-18)22-14(2)25/h3-6,8,10-12H,7,9H2,1-2H3,(H,22,25)(H,23,26)(H,24,27). The number of aromatic amines is 1. The lowest BCUT2D eigenvalue weighted by molar-refractivity contribution is -0.116. The van der Waals surface area contributed by atoms with E-state index in [-0.39, 0.29) is 17.4 Å². The largest absolute Gasteiger partial charge is 0.326 e. The first-order chi connectivity index (χ1) is 12.9. The number of benzene rings is 2. The molecule has 0 spiro atoms. The third-order valence-electron chi connectivity index (χ3n) is 4.20. The molecule has 138 valence electrons. The molecule has 3 N–H and O–H groups in total. The Morgan fingerprint density at radius 1 is 1.00 bits per heavy atom. The molecule has 0 saturated carbocycles. The van der Waals surface area contributed by atoms with Crippen molar-refractivity contribution in [1.29, 1.82) is 0 Å². The zero-order valence-corrected chi connectivity index (χ0v) is 15.3. The summed E-state index contributed by atoms with van der Waals surface area (Å²) in [5.74, 6) is -0.265. The second-order valence-electron chi connectivity index (χ2n) is 6.51. The molecule has 0 fully saturated rings. The summed E-state index contributed by atoms with van der Waals surface area (Å²) in [7, 11) is 0. The molecule has 0 bridgehead atoms. The Kier molecular flexibility index (Phi) is 5.35. The maximum atomic E-state index is 12.2. The maximum Gasteiger partial charge on any atom is 0.251 e. The normalized spacial score (nSPS) is 10.6. The van der Waals surface area contributed by atoms with Crippen LogP contribution >= 0.6 is 0 Å². The first-order valence-electron chi connectivity index (χ1n) is 8.71. The molecule has 3 aromatic rings. The Hall–Kier alpha value is -3.41. The number of carbonyl (C=O) groups excluding carboxylic acids is 2. The fraction of sp³-hybridized carbons (Fsp3) is 0.190. The lowest BCUT2D eigenvalue weighted by Gasteiger charge is -2.08. The van der Waals surface area contributed by atoms with Crippen LogP contribution in [0.4, 0.5) is 11.4 Å². The highest BCUT2D eigenvalue weighted by Gasteiger charge is 2.06. The highest BCUT2D eigenvalue weighted by atomic mass is 16.2. The molecular formula is C21H21N3O3. The number of nitrogens with one attached hydrogen (secondary N) is 3. The van der Waals surface area contributed by atoms with Gasteiger partial charge in [-0.3, -0.25) is 14.4 Å². The van der Waals surface area contributed by atoms with Crippen LogP contribution in [0.1, 0.15) is 24.5 Å². The number of hydrogen-bond acceptors (Lipinski definition) is 3. The summed E-state index contributed by atoms with van der Waals surface area (Å²) in [6, 6.07) is 14.6. The van der Waals surface area contributed by atoms with Crippen molar-refractivity contribution in [2.24, 2.45) is 0 Å². The second-order valence-corrected chi connectivity index (χ2v) is 6.51. The van der Waals surface area contributed by atoms with Gasteiger partial charge < -0.3 is 15.6 Å². The number of aromatic nitrogens is 1. The molecular weight excluding hydrogens is 342 g/mol. The molecule has 1 heterocycles. The van der Waals surface area contributed by atoms with Crippen molar-refractivity contribution in [2.45, 2.75) is 26.7 Å². The molecule has 6 heteroatoms. The van der Waals surface area contributed by atoms with E-state index in [4.69, 9.17) is 0 Å². The average molecular weight is 363 g/mol. The summed E-state index contributed by atoms with van der Waals surface area (Å²) in [6.45, 7) is 3.21. The Morgan fingerprint density at radius 2 is 1.74 bits per heavy atom. The summed E-state index contributed by atoms with van der Waals surface area (Å²) in [5, 5.41) is 6.48. The van der Waals surface area contributed by atoms with Gasteiger partial charge in [0.25, 0.3) is 5.56 Å². The molecule has 2 amide bonds. The van der Waals surface area contributed by atoms with Gasteiger partial charge in [-0.25, -0.2) is 0 Å². The quantitative estimate of drug-likeness (QED) is 0.649. The minimum absolute atomic E-state index is 0.0869. The van der Waals surface area contributed by atoms with Crippen LogP contribution in [-0.4, -0.2) is 16.8 Å². The van der Waals surface area contributed by atoms with Crippen molar-refractivity contribution in [1.82, 2.24) is 4.98 Å². The average Bonchev–Trinajstić information content (AvgIpc) is 2.61. The maximum absolute atomic E-state index is 12.2. The van der Waals surface area contributed by atoms with Gasteiger partial charge in [-0.15, -0.1) is 0 Å². The summed E-state index contributed by atoms with van der Waals surface area (Å²) in [6.07, 6.45) is 0.920. The van der Waals surface area contributed by atoms with Gasteiger partial charge in [0.05, 0.1) is 0 Å². The predicted octanol–water partition coefficient (Wildman–Crippen LogP) is 3.37. The van der Waals surface area contributed by atoms with Crippen molar-refractivity contribution in [2.75, 3.05) is 10.6 Å². The van der Waals surface area contributed by atoms with Crippen LogP contribution in [0.3, 0.4) is 0 Å². The van der Waals surface area contributed by atoms with E-state index >= 15 is 0 Å². The van der Waals surface area contributed by atoms with Crippen LogP contribution in [0, 0.1) is 6.92 Å². The minimum atomic E-state index is -0.161. The molecule has 27 heavy (non-hydrogen) atoms. The molecule has 3 rings (SSSR count). The Labute approximate surface area is 156 Å². The second kappa shape index (κ2) is 7.86. The lowest BCUT2D eigenvalue weighted by atomic mass is 10.1. The van der Waals surface area contributed by atoms with Crippen LogP contribution < -0.4 is 16.2 Å². The van der Waals surface area contributed by atoms with Crippen LogP contribution in [-0.2, 0) is 16.0 Å². The summed E-state index contributed by atoms with van der Waals surface area (Å²) in [5.41, 5.74) is 3.66. The number of amides is 2. The summed E-state index contributed by atoms with van der Waals surface area (Å²) >= 11 is 0. The molecule has 0 aliphatic carbocycles. The van der Waals surface area contributed by atoms with E-state index < -0.39 is 0 Å². The van der Waals surface area contributed by atoms with Crippen molar-refractivity contribution in [3.63, 3.8) is 0 Å². The molecule has 1 aromatic heterocycles. The van der Waals surface area contributed by atoms with Gasteiger partial charge in [0.2, 0.25) is 11.8 Å². The predicted molar refractivity (Wildman–Crippen MR) is 107 cm³/mol. The summed E-state index contributed by atoms with van der Waals surface area (Å²) < 4.78 is 0. The number of carbonyl (C=O) groups is 2. The van der Waals surface area contributed by atoms with Gasteiger partial charge >= 0.3 is 0 Å². The number of H-pyrrole nitrogens is 1. The van der Waals surface area contributed by atoms with E-state index in [1.54, 1.807) is 31.2 Å². The SMILES string of the molecule is CC(=O)Nc1cccc(NC(=O)CCc2ccc3[nH]c(=O)c(C)cc3c2)c1. The number of fused-ring (bicyclic) bond motifs is 1. The first-order valence-corrected chi connectivity index (χ1v) is 8.71. The molecule has 0 saturated heterocycles. The van der Waals surface area contributed by atoms with E-state index in [9.17, 15) is 14.4 Å². The molecule has 0 aliphatic heterocycles. The third-order valence-corrected chi connectivity index (χ3v) is 4.20. The fourth-order valence-electron chi connectivity index (χ4n) is 2.88. The zero-order valence-electron chi connectivity index (χ0n) is 15.3. The van der Waals surface area contributed by atoms with Gasteiger partial charge in [-0.1, -0.05) is 12.1 Å². The van der Waals surface area contributed by atoms with E-state index in [1.807, 2.05) is 24.3 Å². The van der Waals surface area contributed by atoms with Gasteiger partial charge in [0, 0.05) is 35.8 Å². The molecule has 2 aromatic carbocycles. The number of hydrogen-bond donors (Lipinski definition) is 3. The minimum Gasteiger partial charge on any atom is -0.326 e. The van der Waals surface area contributed by atoms with Crippen LogP contribution in [0.5, 0.6) is 0 Å². The Balaban J connectivity index is 1.64. The van der Waals surface area contributed by atoms with Gasteiger partial charge in [-0.2, -0.15) is 0 Å². The molecule has 0 radical (unpaired) electrons. The van der Waals surface area contributed by atoms with E-state index in [0.717, 1.165) is 16.5 Å². The van der Waals surface area contributed by atoms with E-state index in [0.29, 0.717) is 29.8 Å². The third kappa shape index (κ3) is 4.82. The molecule has 0 aliphatic rings. The monoisotopic (exact) mass is 363 g/mol. The topological polar surface area (TPSA) is 91.1 Å². The van der Waals surface area contributed by atoms with E-state index in [1.165, 1.54) is 6.92 Å². The number of rotatable bonds is 5. The Morgan fingerprint density at radius 3 is 2.48 bits per heavy atom. The van der Waals surface area contributed by atoms with Crippen molar-refractivity contribution in [3.8, 4) is 0 Å². The van der Waals surface area contributed by atoms with Crippen LogP contribution in [0.15, 0.2) is 53.3 Å². The highest BCUT2D eigenvalue weighted by Crippen LogP contribution is 2.17. The number of aryl methyl sites for hydroxylation is 2. The Bertz CT molecular complexity index is 1070. The van der Waals surface area contributed by atoms with Gasteiger partial charge in [0.1, 0.15) is 0 Å². The molecule has 0 unspecified atom stereocenters. The van der Waals surface area contributed by atoms with Crippen LogP contribution in [0.2, 0.25) is 0 Å². The number of anilines is 2.